The lowest BCUT2D eigenvalue weighted by atomic mass is 10.1. The molecule has 0 fully saturated rings. The average Bonchev–Trinajstić information content (AvgIpc) is 3.25. The smallest absolute Gasteiger partial charge is 0.324 e. The molecule has 0 bridgehead atoms. The van der Waals surface area contributed by atoms with Crippen LogP contribution in [0.15, 0.2) is 72.9 Å². The van der Waals surface area contributed by atoms with E-state index in [4.69, 9.17) is 9.47 Å². The van der Waals surface area contributed by atoms with E-state index in [9.17, 15) is 14.4 Å². The number of nitrogens with zero attached hydrogens (tertiary/aromatic N) is 4. The van der Waals surface area contributed by atoms with E-state index in [-0.39, 0.29) is 5.82 Å². The molecule has 4 amide bonds. The van der Waals surface area contributed by atoms with Crippen LogP contribution in [0, 0.1) is 0 Å². The van der Waals surface area contributed by atoms with Crippen LogP contribution >= 0.6 is 0 Å². The molecule has 0 aliphatic carbocycles. The Kier molecular flexibility index (Phi) is 6.17. The van der Waals surface area contributed by atoms with Crippen molar-refractivity contribution in [3.05, 3.63) is 72.9 Å². The van der Waals surface area contributed by atoms with Gasteiger partial charge in [-0.05, 0) is 54.6 Å². The molecule has 4 aromatic rings. The number of nitrogens with one attached hydrogen (secondary N) is 2. The van der Waals surface area contributed by atoms with Crippen molar-refractivity contribution in [2.24, 2.45) is 0 Å². The third-order valence-electron chi connectivity index (χ3n) is 5.52. The number of imide groups is 1. The fraction of sp³-hybridized carbons (Fsp3) is 0.0769. The van der Waals surface area contributed by atoms with E-state index in [0.29, 0.717) is 39.7 Å². The van der Waals surface area contributed by atoms with Gasteiger partial charge in [0, 0.05) is 23.4 Å². The Morgan fingerprint density at radius 1 is 0.838 bits per heavy atom. The number of carbonyl (C=O) groups is 3. The van der Waals surface area contributed by atoms with Gasteiger partial charge in [0.15, 0.2) is 23.0 Å². The number of carbonyl (C=O) groups excluding carboxylic acids is 3. The monoisotopic (exact) mass is 496 g/mol. The molecule has 5 rings (SSSR count). The fourth-order valence-corrected chi connectivity index (χ4v) is 3.74. The topological polar surface area (TPSA) is 136 Å². The maximum atomic E-state index is 12.5. The van der Waals surface area contributed by atoms with Crippen molar-refractivity contribution in [3.8, 4) is 22.8 Å². The van der Waals surface area contributed by atoms with Crippen molar-refractivity contribution in [3.63, 3.8) is 0 Å². The first-order valence-corrected chi connectivity index (χ1v) is 11.1. The number of rotatable bonds is 6. The van der Waals surface area contributed by atoms with Gasteiger partial charge in [0.05, 0.1) is 31.8 Å². The minimum absolute atomic E-state index is 0.206. The molecular formula is C26H20N6O5. The average molecular weight is 496 g/mol. The molecule has 0 unspecified atom stereocenters. The van der Waals surface area contributed by atoms with Gasteiger partial charge in [-0.15, -0.1) is 0 Å². The zero-order valence-corrected chi connectivity index (χ0v) is 19.8. The zero-order chi connectivity index (χ0) is 25.9. The number of fused-ring (bicyclic) bond motifs is 1. The Labute approximate surface area is 210 Å². The number of hydrogen-bond donors (Lipinski definition) is 2. The number of benzene rings is 2. The Balaban J connectivity index is 1.30. The number of methoxy groups -OCH3 is 2. The Morgan fingerprint density at radius 2 is 1.57 bits per heavy atom. The van der Waals surface area contributed by atoms with Crippen LogP contribution in [0.5, 0.6) is 11.5 Å². The minimum Gasteiger partial charge on any atom is -0.493 e. The largest absolute Gasteiger partial charge is 0.493 e. The molecule has 184 valence electrons. The molecule has 0 saturated heterocycles. The summed E-state index contributed by atoms with van der Waals surface area (Å²) in [4.78, 5) is 50.5. The quantitative estimate of drug-likeness (QED) is 0.385. The van der Waals surface area contributed by atoms with E-state index in [1.54, 1.807) is 50.6 Å². The van der Waals surface area contributed by atoms with Crippen LogP contribution in [-0.4, -0.2) is 47.0 Å². The van der Waals surface area contributed by atoms with E-state index >= 15 is 0 Å². The van der Waals surface area contributed by atoms with E-state index in [1.165, 1.54) is 18.3 Å². The van der Waals surface area contributed by atoms with Gasteiger partial charge in [0.25, 0.3) is 11.8 Å². The van der Waals surface area contributed by atoms with Gasteiger partial charge in [0.1, 0.15) is 5.52 Å². The molecule has 37 heavy (non-hydrogen) atoms. The highest BCUT2D eigenvalue weighted by Gasteiger charge is 2.24. The van der Waals surface area contributed by atoms with E-state index in [0.717, 1.165) is 10.5 Å². The summed E-state index contributed by atoms with van der Waals surface area (Å²) in [6.45, 7) is 0. The molecule has 1 aliphatic heterocycles. The molecule has 0 atom stereocenters. The Morgan fingerprint density at radius 3 is 2.27 bits per heavy atom. The van der Waals surface area contributed by atoms with Gasteiger partial charge in [-0.1, -0.05) is 0 Å². The lowest BCUT2D eigenvalue weighted by Gasteiger charge is -2.14. The first-order valence-electron chi connectivity index (χ1n) is 11.1. The molecule has 3 heterocycles. The van der Waals surface area contributed by atoms with Crippen molar-refractivity contribution >= 4 is 46.2 Å². The third-order valence-corrected chi connectivity index (χ3v) is 5.52. The first kappa shape index (κ1) is 23.4. The predicted octanol–water partition coefficient (Wildman–Crippen LogP) is 3.78. The summed E-state index contributed by atoms with van der Waals surface area (Å²) in [5.41, 5.74) is 3.22. The SMILES string of the molecule is COc1ccc(-c2ccc3ncc(NC(=O)Nc4ccc(N5C(=O)C=CC5=O)cc4)nc3n2)cc1OC. The maximum absolute atomic E-state index is 12.5. The maximum Gasteiger partial charge on any atom is 0.324 e. The number of pyridine rings is 1. The van der Waals surface area contributed by atoms with Crippen LogP contribution in [0.2, 0.25) is 0 Å². The van der Waals surface area contributed by atoms with Gasteiger partial charge in [-0.2, -0.15) is 0 Å². The number of aromatic nitrogens is 3. The summed E-state index contributed by atoms with van der Waals surface area (Å²) in [5, 5.41) is 5.30. The van der Waals surface area contributed by atoms with Gasteiger partial charge < -0.3 is 14.8 Å². The zero-order valence-electron chi connectivity index (χ0n) is 19.8. The van der Waals surface area contributed by atoms with Crippen LogP contribution in [0.1, 0.15) is 0 Å². The molecule has 11 nitrogen and oxygen atoms in total. The second-order valence-corrected chi connectivity index (χ2v) is 7.84. The van der Waals surface area contributed by atoms with Crippen LogP contribution in [0.3, 0.4) is 0 Å². The van der Waals surface area contributed by atoms with Gasteiger partial charge in [0.2, 0.25) is 0 Å². The lowest BCUT2D eigenvalue weighted by molar-refractivity contribution is -0.119. The van der Waals surface area contributed by atoms with Crippen molar-refractivity contribution in [2.45, 2.75) is 0 Å². The summed E-state index contributed by atoms with van der Waals surface area (Å²) in [5.74, 6) is 0.553. The standard InChI is InChI=1S/C26H20N6O5/c1-36-20-10-3-15(13-21(20)37-2)18-8-9-19-25(29-18)30-22(14-27-19)31-26(35)28-16-4-6-17(7-5-16)32-23(33)11-12-24(32)34/h3-14H,1-2H3,(H2,28,29,30,31,35). The highest BCUT2D eigenvalue weighted by molar-refractivity contribution is 6.28. The number of amides is 4. The molecule has 0 spiro atoms. The van der Waals surface area contributed by atoms with Crippen LogP contribution < -0.4 is 25.0 Å². The van der Waals surface area contributed by atoms with Crippen LogP contribution in [0.25, 0.3) is 22.4 Å². The highest BCUT2D eigenvalue weighted by atomic mass is 16.5. The van der Waals surface area contributed by atoms with Crippen LogP contribution in [-0.2, 0) is 9.59 Å². The third kappa shape index (κ3) is 4.78. The van der Waals surface area contributed by atoms with Crippen molar-refractivity contribution < 1.29 is 23.9 Å². The van der Waals surface area contributed by atoms with Gasteiger partial charge >= 0.3 is 6.03 Å². The fourth-order valence-electron chi connectivity index (χ4n) is 3.74. The number of ether oxygens (including phenoxy) is 2. The molecular weight excluding hydrogens is 476 g/mol. The Hall–Kier alpha value is -5.32. The molecule has 2 aromatic carbocycles. The molecule has 11 heteroatoms. The van der Waals surface area contributed by atoms with E-state index in [2.05, 4.69) is 25.6 Å². The summed E-state index contributed by atoms with van der Waals surface area (Å²) >= 11 is 0. The molecule has 0 saturated carbocycles. The summed E-state index contributed by atoms with van der Waals surface area (Å²) in [7, 11) is 3.13. The predicted molar refractivity (Wildman–Crippen MR) is 137 cm³/mol. The highest BCUT2D eigenvalue weighted by Crippen LogP contribution is 2.32. The van der Waals surface area contributed by atoms with Crippen molar-refractivity contribution in [1.29, 1.82) is 0 Å². The number of urea groups is 1. The summed E-state index contributed by atoms with van der Waals surface area (Å²) < 4.78 is 10.7. The molecule has 2 aromatic heterocycles. The second kappa shape index (κ2) is 9.74. The lowest BCUT2D eigenvalue weighted by Crippen LogP contribution is -2.29. The van der Waals surface area contributed by atoms with Crippen LogP contribution in [0.4, 0.5) is 22.0 Å². The number of hydrogen-bond acceptors (Lipinski definition) is 8. The van der Waals surface area contributed by atoms with Gasteiger partial charge in [-0.3, -0.25) is 14.9 Å². The minimum atomic E-state index is -0.549. The van der Waals surface area contributed by atoms with E-state index in [1.807, 2.05) is 18.2 Å². The van der Waals surface area contributed by atoms with E-state index < -0.39 is 17.8 Å². The number of anilines is 3. The normalized spacial score (nSPS) is 12.6. The molecule has 2 N–H and O–H groups in total. The van der Waals surface area contributed by atoms with Crippen molar-refractivity contribution in [1.82, 2.24) is 15.0 Å². The first-order chi connectivity index (χ1) is 17.9. The van der Waals surface area contributed by atoms with Gasteiger partial charge in [-0.25, -0.2) is 24.6 Å². The summed E-state index contributed by atoms with van der Waals surface area (Å²) in [6, 6.07) is 14.8. The summed E-state index contributed by atoms with van der Waals surface area (Å²) in [6.07, 6.45) is 3.84. The van der Waals surface area contributed by atoms with Crippen molar-refractivity contribution in [2.75, 3.05) is 29.8 Å². The molecule has 0 radical (unpaired) electrons. The second-order valence-electron chi connectivity index (χ2n) is 7.84. The molecule has 1 aliphatic rings. The Bertz CT molecular complexity index is 1550.